The molecule has 33 heavy (non-hydrogen) atoms. The number of thiophene rings is 1. The van der Waals surface area contributed by atoms with Gasteiger partial charge in [-0.3, -0.25) is 0 Å². The monoisotopic (exact) mass is 472 g/mol. The van der Waals surface area contributed by atoms with Gasteiger partial charge in [0, 0.05) is 17.5 Å². The second-order valence-electron chi connectivity index (χ2n) is 9.47. The highest BCUT2D eigenvalue weighted by molar-refractivity contribution is 7.19. The van der Waals surface area contributed by atoms with Gasteiger partial charge in [-0.2, -0.15) is 0 Å². The maximum Gasteiger partial charge on any atom is 0.141 e. The number of hydrogen-bond donors (Lipinski definition) is 2. The third-order valence-electron chi connectivity index (χ3n) is 6.83. The van der Waals surface area contributed by atoms with Crippen molar-refractivity contribution >= 4 is 27.4 Å². The Kier molecular flexibility index (Phi) is 11.1. The topological polar surface area (TPSA) is 61.3 Å². The van der Waals surface area contributed by atoms with Gasteiger partial charge in [-0.05, 0) is 57.2 Å². The van der Waals surface area contributed by atoms with E-state index in [4.69, 9.17) is 4.98 Å². The van der Waals surface area contributed by atoms with Crippen molar-refractivity contribution in [1.29, 1.82) is 0 Å². The third-order valence-corrected chi connectivity index (χ3v) is 7.99. The summed E-state index contributed by atoms with van der Waals surface area (Å²) < 4.78 is 0. The van der Waals surface area contributed by atoms with Crippen LogP contribution in [0.5, 0.6) is 0 Å². The second kappa shape index (κ2) is 14.0. The van der Waals surface area contributed by atoms with Gasteiger partial charge in [0.15, 0.2) is 0 Å². The van der Waals surface area contributed by atoms with Gasteiger partial charge in [-0.15, -0.1) is 17.9 Å². The number of hydrogen-bond acceptors (Lipinski definition) is 6. The minimum absolute atomic E-state index is 0.323. The molecule has 6 heteroatoms. The van der Waals surface area contributed by atoms with Gasteiger partial charge in [-0.1, -0.05) is 58.4 Å². The molecule has 0 saturated carbocycles. The molecular weight excluding hydrogens is 428 g/mol. The number of nitrogens with one attached hydrogen (secondary N) is 1. The number of piperidine rings is 1. The highest BCUT2D eigenvalue weighted by Crippen LogP contribution is 2.38. The van der Waals surface area contributed by atoms with Crippen molar-refractivity contribution in [3.8, 4) is 0 Å². The Hall–Kier alpha value is -1.50. The fourth-order valence-corrected chi connectivity index (χ4v) is 6.18. The van der Waals surface area contributed by atoms with Crippen LogP contribution in [-0.4, -0.2) is 46.9 Å². The minimum atomic E-state index is -0.323. The van der Waals surface area contributed by atoms with Crippen LogP contribution >= 0.6 is 11.3 Å². The molecule has 1 fully saturated rings. The summed E-state index contributed by atoms with van der Waals surface area (Å²) in [5.41, 5.74) is 1.41. The van der Waals surface area contributed by atoms with Crippen molar-refractivity contribution in [1.82, 2.24) is 15.3 Å². The Morgan fingerprint density at radius 1 is 1.15 bits per heavy atom. The quantitative estimate of drug-likeness (QED) is 0.244. The predicted octanol–water partition coefficient (Wildman–Crippen LogP) is 6.04. The third kappa shape index (κ3) is 7.24. The standard InChI is InChI=1S/C27H44N4OS/c1-4-7-9-11-13-22(32)19-31(21-15-17-28-18-16-21)26-25-23(14-10-8-5-2)24(12-6-3)33-27(25)30-20-29-26/h6,20-22,28,32H,3-5,7-19H2,1-2H3. The molecule has 1 aliphatic heterocycles. The van der Waals surface area contributed by atoms with Gasteiger partial charge in [0.05, 0.1) is 11.5 Å². The average Bonchev–Trinajstić information content (AvgIpc) is 3.19. The van der Waals surface area contributed by atoms with Crippen LogP contribution < -0.4 is 10.2 Å². The number of nitrogens with zero attached hydrogens (tertiary/aromatic N) is 3. The molecule has 2 aromatic rings. The van der Waals surface area contributed by atoms with Crippen LogP contribution in [0.2, 0.25) is 0 Å². The molecule has 1 saturated heterocycles. The molecule has 0 amide bonds. The van der Waals surface area contributed by atoms with Gasteiger partial charge in [0.25, 0.3) is 0 Å². The Bertz CT molecular complexity index is 846. The van der Waals surface area contributed by atoms with E-state index in [1.807, 2.05) is 6.08 Å². The molecule has 2 aromatic heterocycles. The molecule has 0 spiro atoms. The molecule has 0 bridgehead atoms. The molecule has 1 aliphatic rings. The smallest absolute Gasteiger partial charge is 0.141 e. The molecule has 184 valence electrons. The number of aromatic nitrogens is 2. The van der Waals surface area contributed by atoms with E-state index in [1.165, 1.54) is 54.4 Å². The van der Waals surface area contributed by atoms with Crippen molar-refractivity contribution < 1.29 is 5.11 Å². The average molecular weight is 473 g/mol. The molecule has 3 heterocycles. The maximum atomic E-state index is 11.0. The molecular formula is C27H44N4OS. The fourth-order valence-electron chi connectivity index (χ4n) is 5.00. The molecule has 1 unspecified atom stereocenters. The summed E-state index contributed by atoms with van der Waals surface area (Å²) in [4.78, 5) is 14.4. The molecule has 2 N–H and O–H groups in total. The van der Waals surface area contributed by atoms with Gasteiger partial charge in [0.2, 0.25) is 0 Å². The summed E-state index contributed by atoms with van der Waals surface area (Å²) in [6.07, 6.45) is 16.8. The zero-order chi connectivity index (χ0) is 23.5. The van der Waals surface area contributed by atoms with Crippen molar-refractivity contribution in [2.24, 2.45) is 0 Å². The van der Waals surface area contributed by atoms with E-state index >= 15 is 0 Å². The van der Waals surface area contributed by atoms with Crippen LogP contribution in [0.15, 0.2) is 19.0 Å². The summed E-state index contributed by atoms with van der Waals surface area (Å²) in [6, 6.07) is 0.404. The molecule has 0 radical (unpaired) electrons. The first-order valence-electron chi connectivity index (χ1n) is 13.2. The van der Waals surface area contributed by atoms with Crippen LogP contribution in [-0.2, 0) is 12.8 Å². The van der Waals surface area contributed by atoms with E-state index in [2.05, 4.69) is 35.6 Å². The summed E-state index contributed by atoms with van der Waals surface area (Å²) in [7, 11) is 0. The van der Waals surface area contributed by atoms with Gasteiger partial charge < -0.3 is 15.3 Å². The zero-order valence-corrected chi connectivity index (χ0v) is 21.6. The van der Waals surface area contributed by atoms with E-state index in [0.717, 1.165) is 62.3 Å². The summed E-state index contributed by atoms with van der Waals surface area (Å²) in [5.74, 6) is 1.04. The normalized spacial score (nSPS) is 15.7. The number of rotatable bonds is 15. The maximum absolute atomic E-state index is 11.0. The Morgan fingerprint density at radius 3 is 2.64 bits per heavy atom. The SMILES string of the molecule is C=CCc1sc2ncnc(N(CC(O)CCCCCC)C3CCNCC3)c2c1CCCCC. The molecule has 0 aliphatic carbocycles. The van der Waals surface area contributed by atoms with Crippen LogP contribution in [0.25, 0.3) is 10.2 Å². The Labute approximate surface area is 204 Å². The number of allylic oxidation sites excluding steroid dienone is 1. The Morgan fingerprint density at radius 2 is 1.91 bits per heavy atom. The predicted molar refractivity (Wildman–Crippen MR) is 143 cm³/mol. The van der Waals surface area contributed by atoms with Gasteiger partial charge >= 0.3 is 0 Å². The molecule has 1 atom stereocenters. The summed E-state index contributed by atoms with van der Waals surface area (Å²) in [6.45, 7) is 11.2. The van der Waals surface area contributed by atoms with E-state index in [1.54, 1.807) is 17.7 Å². The zero-order valence-electron chi connectivity index (χ0n) is 20.8. The lowest BCUT2D eigenvalue weighted by molar-refractivity contribution is 0.161. The first-order chi connectivity index (χ1) is 16.2. The first-order valence-corrected chi connectivity index (χ1v) is 14.0. The van der Waals surface area contributed by atoms with E-state index in [0.29, 0.717) is 12.6 Å². The number of anilines is 1. The highest BCUT2D eigenvalue weighted by Gasteiger charge is 2.28. The number of unbranched alkanes of at least 4 members (excludes halogenated alkanes) is 5. The number of fused-ring (bicyclic) bond motifs is 1. The molecule has 5 nitrogen and oxygen atoms in total. The second-order valence-corrected chi connectivity index (χ2v) is 10.6. The molecule has 0 aromatic carbocycles. The fraction of sp³-hybridized carbons (Fsp3) is 0.704. The van der Waals surface area contributed by atoms with Crippen LogP contribution in [0, 0.1) is 0 Å². The minimum Gasteiger partial charge on any atom is -0.391 e. The molecule has 3 rings (SSSR count). The summed E-state index contributed by atoms with van der Waals surface area (Å²) in [5, 5.41) is 15.7. The van der Waals surface area contributed by atoms with Crippen LogP contribution in [0.4, 0.5) is 5.82 Å². The van der Waals surface area contributed by atoms with E-state index < -0.39 is 0 Å². The van der Waals surface area contributed by atoms with Crippen molar-refractivity contribution in [3.63, 3.8) is 0 Å². The van der Waals surface area contributed by atoms with Crippen molar-refractivity contribution in [2.75, 3.05) is 24.5 Å². The van der Waals surface area contributed by atoms with Gasteiger partial charge in [-0.25, -0.2) is 9.97 Å². The van der Waals surface area contributed by atoms with Crippen molar-refractivity contribution in [3.05, 3.63) is 29.4 Å². The lowest BCUT2D eigenvalue weighted by atomic mass is 10.00. The lowest BCUT2D eigenvalue weighted by Gasteiger charge is -2.37. The first kappa shape index (κ1) is 26.1. The summed E-state index contributed by atoms with van der Waals surface area (Å²) >= 11 is 1.80. The van der Waals surface area contributed by atoms with Crippen molar-refractivity contribution in [2.45, 2.75) is 103 Å². The van der Waals surface area contributed by atoms with E-state index in [9.17, 15) is 5.11 Å². The highest BCUT2D eigenvalue weighted by atomic mass is 32.1. The van der Waals surface area contributed by atoms with Crippen LogP contribution in [0.3, 0.4) is 0 Å². The Balaban J connectivity index is 1.94. The number of aliphatic hydroxyl groups is 1. The largest absolute Gasteiger partial charge is 0.391 e. The number of aryl methyl sites for hydroxylation is 1. The number of aliphatic hydroxyl groups excluding tert-OH is 1. The lowest BCUT2D eigenvalue weighted by Crippen LogP contribution is -2.46. The van der Waals surface area contributed by atoms with E-state index in [-0.39, 0.29) is 6.10 Å². The van der Waals surface area contributed by atoms with Crippen LogP contribution in [0.1, 0.15) is 88.5 Å². The van der Waals surface area contributed by atoms with Gasteiger partial charge in [0.1, 0.15) is 17.0 Å².